The number of thioether (sulfide) groups is 1. The molecule has 1 aromatic carbocycles. The van der Waals surface area contributed by atoms with E-state index in [1.807, 2.05) is 30.3 Å². The van der Waals surface area contributed by atoms with Crippen LogP contribution in [-0.4, -0.2) is 50.4 Å². The van der Waals surface area contributed by atoms with Crippen LogP contribution in [0.15, 0.2) is 51.0 Å². The molecule has 1 saturated heterocycles. The number of aliphatic hydroxyl groups excluding tert-OH is 2. The third-order valence-electron chi connectivity index (χ3n) is 4.12. The van der Waals surface area contributed by atoms with Gasteiger partial charge in [0, 0.05) is 17.5 Å². The van der Waals surface area contributed by atoms with Gasteiger partial charge in [-0.05, 0) is 12.1 Å². The Morgan fingerprint density at radius 2 is 2.07 bits per heavy atom. The number of nitrogens with one attached hydrogen (secondary N) is 2. The van der Waals surface area contributed by atoms with Crippen LogP contribution in [-0.2, 0) is 4.74 Å². The lowest BCUT2D eigenvalue weighted by atomic mass is 10.2. The maximum absolute atomic E-state index is 12.3. The molecule has 0 spiro atoms. The van der Waals surface area contributed by atoms with Crippen LogP contribution < -0.4 is 16.6 Å². The van der Waals surface area contributed by atoms with E-state index in [2.05, 4.69) is 10.3 Å². The van der Waals surface area contributed by atoms with Gasteiger partial charge < -0.3 is 20.3 Å². The van der Waals surface area contributed by atoms with Crippen molar-refractivity contribution in [3.63, 3.8) is 0 Å². The molecule has 2 heterocycles. The van der Waals surface area contributed by atoms with Gasteiger partial charge in [-0.25, -0.2) is 4.79 Å². The van der Waals surface area contributed by atoms with Gasteiger partial charge in [-0.1, -0.05) is 18.2 Å². The topological polar surface area (TPSA) is 134 Å². The second-order valence-corrected chi connectivity index (χ2v) is 6.98. The SMILES string of the molecule is O=C(NCSc1ccccc1)c1cn([C@H]2C[C@H](O)[C@@H](CO)O2)c(=O)[nH]c1=O. The molecule has 1 aliphatic rings. The maximum Gasteiger partial charge on any atom is 0.330 e. The van der Waals surface area contributed by atoms with Crippen LogP contribution in [0, 0.1) is 0 Å². The van der Waals surface area contributed by atoms with Gasteiger partial charge in [-0.2, -0.15) is 0 Å². The molecule has 0 radical (unpaired) electrons. The summed E-state index contributed by atoms with van der Waals surface area (Å²) < 4.78 is 6.45. The Kier molecular flexibility index (Phi) is 6.11. The van der Waals surface area contributed by atoms with E-state index >= 15 is 0 Å². The van der Waals surface area contributed by atoms with Crippen LogP contribution in [0.2, 0.25) is 0 Å². The summed E-state index contributed by atoms with van der Waals surface area (Å²) in [6, 6.07) is 9.42. The average molecular weight is 393 g/mol. The molecule has 1 amide bonds. The number of H-pyrrole nitrogens is 1. The van der Waals surface area contributed by atoms with Gasteiger partial charge in [0.2, 0.25) is 0 Å². The molecule has 4 N–H and O–H groups in total. The minimum atomic E-state index is -0.946. The van der Waals surface area contributed by atoms with E-state index in [9.17, 15) is 19.5 Å². The zero-order valence-corrected chi connectivity index (χ0v) is 15.0. The molecule has 0 bridgehead atoms. The first-order valence-corrected chi connectivity index (χ1v) is 9.24. The number of aromatic amines is 1. The molecule has 10 heteroatoms. The first-order chi connectivity index (χ1) is 13.0. The highest BCUT2D eigenvalue weighted by Crippen LogP contribution is 2.27. The van der Waals surface area contributed by atoms with Crippen molar-refractivity contribution in [2.75, 3.05) is 12.5 Å². The molecule has 1 fully saturated rings. The van der Waals surface area contributed by atoms with Crippen molar-refractivity contribution in [1.29, 1.82) is 0 Å². The zero-order valence-electron chi connectivity index (χ0n) is 14.2. The zero-order chi connectivity index (χ0) is 19.4. The summed E-state index contributed by atoms with van der Waals surface area (Å²) in [5.41, 5.74) is -1.81. The van der Waals surface area contributed by atoms with E-state index in [0.29, 0.717) is 0 Å². The number of hydrogen-bond acceptors (Lipinski definition) is 7. The maximum atomic E-state index is 12.3. The third kappa shape index (κ3) is 4.48. The number of nitrogens with zero attached hydrogens (tertiary/aromatic N) is 1. The van der Waals surface area contributed by atoms with Crippen LogP contribution in [0.1, 0.15) is 23.0 Å². The number of carbonyl (C=O) groups is 1. The van der Waals surface area contributed by atoms with E-state index in [1.54, 1.807) is 0 Å². The second-order valence-electron chi connectivity index (χ2n) is 5.93. The summed E-state index contributed by atoms with van der Waals surface area (Å²) in [5, 5.41) is 21.6. The Morgan fingerprint density at radius 3 is 2.74 bits per heavy atom. The third-order valence-corrected chi connectivity index (χ3v) is 5.02. The van der Waals surface area contributed by atoms with Gasteiger partial charge in [-0.3, -0.25) is 19.1 Å². The highest BCUT2D eigenvalue weighted by molar-refractivity contribution is 7.99. The molecule has 3 rings (SSSR count). The van der Waals surface area contributed by atoms with E-state index in [4.69, 9.17) is 9.84 Å². The summed E-state index contributed by atoms with van der Waals surface area (Å²) in [7, 11) is 0. The molecular weight excluding hydrogens is 374 g/mol. The van der Waals surface area contributed by atoms with Crippen molar-refractivity contribution >= 4 is 17.7 Å². The van der Waals surface area contributed by atoms with E-state index < -0.39 is 42.2 Å². The monoisotopic (exact) mass is 393 g/mol. The molecule has 1 aromatic heterocycles. The van der Waals surface area contributed by atoms with Crippen LogP contribution in [0.3, 0.4) is 0 Å². The largest absolute Gasteiger partial charge is 0.394 e. The first-order valence-electron chi connectivity index (χ1n) is 8.25. The molecule has 0 saturated carbocycles. The fourth-order valence-electron chi connectivity index (χ4n) is 2.71. The van der Waals surface area contributed by atoms with Crippen LogP contribution in [0.5, 0.6) is 0 Å². The summed E-state index contributed by atoms with van der Waals surface area (Å²) in [6.07, 6.45) is -1.48. The lowest BCUT2D eigenvalue weighted by Crippen LogP contribution is -2.38. The summed E-state index contributed by atoms with van der Waals surface area (Å²) >= 11 is 1.39. The number of hydrogen-bond donors (Lipinski definition) is 4. The molecule has 0 aliphatic carbocycles. The summed E-state index contributed by atoms with van der Waals surface area (Å²) in [6.45, 7) is -0.403. The minimum Gasteiger partial charge on any atom is -0.394 e. The predicted molar refractivity (Wildman–Crippen MR) is 97.6 cm³/mol. The molecule has 1 aliphatic heterocycles. The standard InChI is InChI=1S/C17H19N3O6S/c21-8-13-12(22)6-14(26-13)20-7-11(16(24)19-17(20)25)15(23)18-9-27-10-4-2-1-3-5-10/h1-5,7,12-14,21-22H,6,8-9H2,(H,18,23)(H,19,24,25)/t12-,13+,14+/m0/s1. The van der Waals surface area contributed by atoms with Gasteiger partial charge in [-0.15, -0.1) is 11.8 Å². The van der Waals surface area contributed by atoms with Crippen molar-refractivity contribution in [1.82, 2.24) is 14.9 Å². The predicted octanol–water partition coefficient (Wildman–Crippen LogP) is -0.343. The summed E-state index contributed by atoms with van der Waals surface area (Å²) in [5.74, 6) is -0.391. The first kappa shape index (κ1) is 19.4. The van der Waals surface area contributed by atoms with Crippen molar-refractivity contribution < 1.29 is 19.7 Å². The number of amides is 1. The number of benzene rings is 1. The number of ether oxygens (including phenoxy) is 1. The quantitative estimate of drug-likeness (QED) is 0.390. The van der Waals surface area contributed by atoms with Gasteiger partial charge in [0.05, 0.1) is 18.6 Å². The lowest BCUT2D eigenvalue weighted by molar-refractivity contribution is -0.0459. The fourth-order valence-corrected chi connectivity index (χ4v) is 3.43. The van der Waals surface area contributed by atoms with Crippen LogP contribution in [0.25, 0.3) is 0 Å². The minimum absolute atomic E-state index is 0.0576. The van der Waals surface area contributed by atoms with Crippen LogP contribution in [0.4, 0.5) is 0 Å². The Bertz CT molecular complexity index is 913. The molecule has 144 valence electrons. The highest BCUT2D eigenvalue weighted by Gasteiger charge is 2.35. The van der Waals surface area contributed by atoms with Crippen molar-refractivity contribution in [2.45, 2.75) is 29.8 Å². The molecule has 27 heavy (non-hydrogen) atoms. The van der Waals surface area contributed by atoms with Gasteiger partial charge in [0.1, 0.15) is 17.9 Å². The summed E-state index contributed by atoms with van der Waals surface area (Å²) in [4.78, 5) is 39.4. The van der Waals surface area contributed by atoms with Crippen molar-refractivity contribution in [3.05, 3.63) is 62.9 Å². The number of carbonyl (C=O) groups excluding carboxylic acids is 1. The number of rotatable bonds is 6. The van der Waals surface area contributed by atoms with Crippen molar-refractivity contribution in [3.8, 4) is 0 Å². The molecule has 2 aromatic rings. The van der Waals surface area contributed by atoms with E-state index in [1.165, 1.54) is 11.8 Å². The van der Waals surface area contributed by atoms with E-state index in [-0.39, 0.29) is 17.9 Å². The normalized spacial score (nSPS) is 21.9. The molecule has 9 nitrogen and oxygen atoms in total. The molecule has 0 unspecified atom stereocenters. The second kappa shape index (κ2) is 8.53. The average Bonchev–Trinajstić information content (AvgIpc) is 3.03. The van der Waals surface area contributed by atoms with Gasteiger partial charge in [0.25, 0.3) is 11.5 Å². The Labute approximate surface area is 158 Å². The van der Waals surface area contributed by atoms with Crippen molar-refractivity contribution in [2.24, 2.45) is 0 Å². The molecule has 3 atom stereocenters. The lowest BCUT2D eigenvalue weighted by Gasteiger charge is -2.15. The van der Waals surface area contributed by atoms with Gasteiger partial charge >= 0.3 is 5.69 Å². The number of aliphatic hydroxyl groups is 2. The molecular formula is C17H19N3O6S. The number of aromatic nitrogens is 2. The highest BCUT2D eigenvalue weighted by atomic mass is 32.2. The Morgan fingerprint density at radius 1 is 1.33 bits per heavy atom. The van der Waals surface area contributed by atoms with Crippen LogP contribution >= 0.6 is 11.8 Å². The Balaban J connectivity index is 1.72. The fraction of sp³-hybridized carbons (Fsp3) is 0.353. The van der Waals surface area contributed by atoms with Gasteiger partial charge in [0.15, 0.2) is 0 Å². The Hall–Kier alpha value is -2.40. The van der Waals surface area contributed by atoms with E-state index in [0.717, 1.165) is 15.7 Å². The smallest absolute Gasteiger partial charge is 0.330 e.